The molecule has 1 atom stereocenters. The molecule has 0 aliphatic carbocycles. The molecular weight excluding hydrogens is 665 g/mol. The lowest BCUT2D eigenvalue weighted by molar-refractivity contribution is -0.193. The van der Waals surface area contributed by atoms with Gasteiger partial charge in [-0.05, 0) is 62.0 Å². The number of carboxylic acids is 3. The number of hydrogen-bond donors (Lipinski definition) is 3. The van der Waals surface area contributed by atoms with Crippen molar-refractivity contribution < 1.29 is 78.7 Å². The van der Waals surface area contributed by atoms with Crippen molar-refractivity contribution in [2.45, 2.75) is 57.0 Å². The van der Waals surface area contributed by atoms with Gasteiger partial charge in [-0.25, -0.2) is 14.4 Å². The van der Waals surface area contributed by atoms with E-state index in [-0.39, 0.29) is 6.10 Å². The third kappa shape index (κ3) is 16.9. The number of nitrogens with zero attached hydrogens (tertiary/aromatic N) is 3. The molecule has 0 amide bonds. The largest absolute Gasteiger partial charge is 0.490 e. The molecule has 1 spiro atoms. The van der Waals surface area contributed by atoms with Crippen LogP contribution in [-0.2, 0) is 37.0 Å². The van der Waals surface area contributed by atoms with Crippen LogP contribution in [0.4, 0.5) is 39.5 Å². The number of hydrogen-bond acceptors (Lipinski definition) is 8. The highest BCUT2D eigenvalue weighted by Gasteiger charge is 2.42. The average Bonchev–Trinajstić information content (AvgIpc) is 3.37. The topological polar surface area (TPSA) is 159 Å². The van der Waals surface area contributed by atoms with Crippen LogP contribution >= 0.6 is 0 Å². The van der Waals surface area contributed by atoms with Gasteiger partial charge in [-0.3, -0.25) is 14.9 Å². The number of piperidine rings is 1. The Kier molecular flexibility index (Phi) is 16.0. The van der Waals surface area contributed by atoms with Gasteiger partial charge in [-0.15, -0.1) is 0 Å². The van der Waals surface area contributed by atoms with Crippen LogP contribution < -0.4 is 0 Å². The van der Waals surface area contributed by atoms with E-state index >= 15 is 0 Å². The van der Waals surface area contributed by atoms with E-state index in [2.05, 4.69) is 27.0 Å². The number of rotatable bonds is 6. The zero-order valence-electron chi connectivity index (χ0n) is 24.2. The monoisotopic (exact) mass is 695 g/mol. The summed E-state index contributed by atoms with van der Waals surface area (Å²) in [4.78, 5) is 37.9. The number of carboxylic acid groups (broad SMARTS) is 3. The van der Waals surface area contributed by atoms with Gasteiger partial charge in [0, 0.05) is 18.9 Å². The fraction of sp³-hybridized carbons (Fsp3) is 0.519. The number of aromatic nitrogens is 2. The first-order chi connectivity index (χ1) is 21.6. The summed E-state index contributed by atoms with van der Waals surface area (Å²) in [5.41, 5.74) is 2.48. The lowest BCUT2D eigenvalue weighted by Crippen LogP contribution is -2.40. The van der Waals surface area contributed by atoms with Gasteiger partial charge in [0.1, 0.15) is 0 Å². The quantitative estimate of drug-likeness (QED) is 0.351. The maximum Gasteiger partial charge on any atom is 0.490 e. The molecule has 2 aliphatic heterocycles. The second kappa shape index (κ2) is 18.3. The summed E-state index contributed by atoms with van der Waals surface area (Å²) in [7, 11) is 0. The van der Waals surface area contributed by atoms with E-state index in [4.69, 9.17) is 39.2 Å². The third-order valence-electron chi connectivity index (χ3n) is 6.32. The maximum absolute atomic E-state index is 10.6. The van der Waals surface area contributed by atoms with E-state index < -0.39 is 36.4 Å². The molecule has 2 aromatic heterocycles. The van der Waals surface area contributed by atoms with E-state index in [0.717, 1.165) is 44.0 Å². The summed E-state index contributed by atoms with van der Waals surface area (Å²) in [5.74, 6) is -8.27. The molecule has 2 aromatic rings. The van der Waals surface area contributed by atoms with Gasteiger partial charge in [-0.1, -0.05) is 12.1 Å². The zero-order valence-corrected chi connectivity index (χ0v) is 24.2. The molecule has 47 heavy (non-hydrogen) atoms. The number of ether oxygens (including phenoxy) is 2. The second-order valence-electron chi connectivity index (χ2n) is 9.98. The second-order valence-corrected chi connectivity index (χ2v) is 9.98. The highest BCUT2D eigenvalue weighted by atomic mass is 19.4. The van der Waals surface area contributed by atoms with Crippen molar-refractivity contribution in [3.63, 3.8) is 0 Å². The molecule has 2 fully saturated rings. The highest BCUT2D eigenvalue weighted by molar-refractivity contribution is 5.73. The molecule has 0 radical (unpaired) electrons. The number of likely N-dealkylation sites (tertiary alicyclic amines) is 1. The van der Waals surface area contributed by atoms with Crippen molar-refractivity contribution in [3.05, 3.63) is 60.2 Å². The van der Waals surface area contributed by atoms with Crippen molar-refractivity contribution in [3.8, 4) is 0 Å². The molecule has 4 heterocycles. The first-order valence-corrected chi connectivity index (χ1v) is 13.3. The third-order valence-corrected chi connectivity index (χ3v) is 6.32. The normalized spacial score (nSPS) is 17.6. The Morgan fingerprint density at radius 2 is 1.21 bits per heavy atom. The standard InChI is InChI=1S/C21H27N3O2.3C2HF3O2/c1-3-9-22-18(5-1)14-24-11-7-21(8-12-24)13-20(26-17-21)16-25-15-19-6-2-4-10-23-19;3*3-2(4,5)1(6)7/h1-6,9-10,20H,7-8,11-17H2;3*(H,6,7). The smallest absolute Gasteiger partial charge is 0.475 e. The maximum atomic E-state index is 10.6. The summed E-state index contributed by atoms with van der Waals surface area (Å²) < 4.78 is 107. The molecule has 1 unspecified atom stereocenters. The van der Waals surface area contributed by atoms with Gasteiger partial charge in [0.05, 0.1) is 37.3 Å². The Bertz CT molecular complexity index is 1180. The van der Waals surface area contributed by atoms with Crippen molar-refractivity contribution in [2.24, 2.45) is 5.41 Å². The predicted octanol–water partition coefficient (Wildman–Crippen LogP) is 4.96. The van der Waals surface area contributed by atoms with Gasteiger partial charge in [0.2, 0.25) is 0 Å². The van der Waals surface area contributed by atoms with Crippen molar-refractivity contribution >= 4 is 17.9 Å². The van der Waals surface area contributed by atoms with Crippen LogP contribution in [-0.4, -0.2) is 99.0 Å². The lowest BCUT2D eigenvalue weighted by atomic mass is 9.76. The fourth-order valence-corrected chi connectivity index (χ4v) is 4.04. The van der Waals surface area contributed by atoms with Crippen molar-refractivity contribution in [2.75, 3.05) is 26.3 Å². The number of pyridine rings is 2. The van der Waals surface area contributed by atoms with E-state index in [1.165, 1.54) is 12.8 Å². The highest BCUT2D eigenvalue weighted by Crippen LogP contribution is 2.42. The van der Waals surface area contributed by atoms with E-state index in [1.807, 2.05) is 30.5 Å². The van der Waals surface area contributed by atoms with Crippen molar-refractivity contribution in [1.29, 1.82) is 0 Å². The van der Waals surface area contributed by atoms with Crippen LogP contribution in [0.5, 0.6) is 0 Å². The molecule has 11 nitrogen and oxygen atoms in total. The first kappa shape index (κ1) is 41.0. The molecule has 3 N–H and O–H groups in total. The van der Waals surface area contributed by atoms with Crippen LogP contribution in [0.15, 0.2) is 48.8 Å². The Hall–Kier alpha value is -4.04. The van der Waals surface area contributed by atoms with Crippen LogP contribution in [0.1, 0.15) is 30.7 Å². The Balaban J connectivity index is 0.000000430. The first-order valence-electron chi connectivity index (χ1n) is 13.3. The molecule has 2 aliphatic rings. The van der Waals surface area contributed by atoms with Crippen molar-refractivity contribution in [1.82, 2.24) is 14.9 Å². The van der Waals surface area contributed by atoms with Gasteiger partial charge in [0.25, 0.3) is 0 Å². The molecule has 264 valence electrons. The SMILES string of the molecule is O=C(O)C(F)(F)F.O=C(O)C(F)(F)F.O=C(O)C(F)(F)F.c1ccc(COCC2CC3(CCN(Cc4ccccn4)CC3)CO2)nc1. The van der Waals surface area contributed by atoms with Gasteiger partial charge < -0.3 is 24.8 Å². The molecular formula is C27H30F9N3O8. The molecule has 20 heteroatoms. The van der Waals surface area contributed by atoms with Crippen LogP contribution in [0.2, 0.25) is 0 Å². The van der Waals surface area contributed by atoms with Crippen LogP contribution in [0.3, 0.4) is 0 Å². The Morgan fingerprint density at radius 1 is 0.787 bits per heavy atom. The number of halogens is 9. The predicted molar refractivity (Wildman–Crippen MR) is 141 cm³/mol. The van der Waals surface area contributed by atoms with E-state index in [1.54, 1.807) is 6.20 Å². The summed E-state index contributed by atoms with van der Waals surface area (Å²) in [6.07, 6.45) is -7.82. The molecule has 0 saturated carbocycles. The summed E-state index contributed by atoms with van der Waals surface area (Å²) in [6.45, 7) is 5.31. The summed E-state index contributed by atoms with van der Waals surface area (Å²) in [6, 6.07) is 12.1. The minimum Gasteiger partial charge on any atom is -0.475 e. The molecule has 4 rings (SSSR count). The Morgan fingerprint density at radius 3 is 1.60 bits per heavy atom. The number of alkyl halides is 9. The minimum atomic E-state index is -5.08. The Labute approximate surface area is 260 Å². The minimum absolute atomic E-state index is 0.223. The van der Waals surface area contributed by atoms with Gasteiger partial charge >= 0.3 is 36.4 Å². The van der Waals surface area contributed by atoms with E-state index in [0.29, 0.717) is 18.6 Å². The van der Waals surface area contributed by atoms with Crippen LogP contribution in [0.25, 0.3) is 0 Å². The summed E-state index contributed by atoms with van der Waals surface area (Å²) >= 11 is 0. The molecule has 0 aromatic carbocycles. The van der Waals surface area contributed by atoms with Gasteiger partial charge in [0.15, 0.2) is 0 Å². The van der Waals surface area contributed by atoms with Crippen LogP contribution in [0, 0.1) is 5.41 Å². The summed E-state index contributed by atoms with van der Waals surface area (Å²) in [5, 5.41) is 21.4. The lowest BCUT2D eigenvalue weighted by Gasteiger charge is -2.38. The fourth-order valence-electron chi connectivity index (χ4n) is 4.04. The number of carbonyl (C=O) groups is 3. The number of aliphatic carboxylic acids is 3. The van der Waals surface area contributed by atoms with E-state index in [9.17, 15) is 39.5 Å². The zero-order chi connectivity index (χ0) is 35.9. The molecule has 2 saturated heterocycles. The van der Waals surface area contributed by atoms with Gasteiger partial charge in [-0.2, -0.15) is 39.5 Å². The average molecular weight is 696 g/mol. The molecule has 0 bridgehead atoms.